The summed E-state index contributed by atoms with van der Waals surface area (Å²) in [6, 6.07) is 16.3. The summed E-state index contributed by atoms with van der Waals surface area (Å²) in [6.07, 6.45) is 2.22. The second-order valence-corrected chi connectivity index (χ2v) is 4.51. The summed E-state index contributed by atoms with van der Waals surface area (Å²) in [7, 11) is 0. The number of para-hydroxylation sites is 1. The number of carbonyl (C=O) groups excluding carboxylic acids is 2. The maximum Gasteiger partial charge on any atom is 0.330 e. The van der Waals surface area contributed by atoms with Gasteiger partial charge in [-0.05, 0) is 43.3 Å². The molecule has 2 aromatic rings. The van der Waals surface area contributed by atoms with Gasteiger partial charge in [-0.3, -0.25) is 4.79 Å². The first kappa shape index (κ1) is 16.3. The molecule has 5 nitrogen and oxygen atoms in total. The minimum atomic E-state index is -0.547. The van der Waals surface area contributed by atoms with E-state index in [2.05, 4.69) is 5.32 Å². The van der Waals surface area contributed by atoms with Crippen molar-refractivity contribution < 1.29 is 19.1 Å². The van der Waals surface area contributed by atoms with E-state index in [-0.39, 0.29) is 6.61 Å². The van der Waals surface area contributed by atoms with Crippen LogP contribution < -0.4 is 10.1 Å². The van der Waals surface area contributed by atoms with Gasteiger partial charge in [0.05, 0.1) is 6.61 Å². The number of hydrogen-bond donors (Lipinski definition) is 1. The largest absolute Gasteiger partial charge is 0.463 e. The van der Waals surface area contributed by atoms with Crippen LogP contribution >= 0.6 is 0 Å². The lowest BCUT2D eigenvalue weighted by molar-refractivity contribution is -0.137. The summed E-state index contributed by atoms with van der Waals surface area (Å²) in [4.78, 5) is 22.8. The summed E-state index contributed by atoms with van der Waals surface area (Å²) < 4.78 is 10.3. The molecule has 1 N–H and O–H groups in total. The van der Waals surface area contributed by atoms with Crippen LogP contribution in [0.5, 0.6) is 11.5 Å². The topological polar surface area (TPSA) is 64.6 Å². The van der Waals surface area contributed by atoms with Crippen molar-refractivity contribution in [1.82, 2.24) is 0 Å². The van der Waals surface area contributed by atoms with Gasteiger partial charge in [0.1, 0.15) is 11.5 Å². The Kier molecular flexibility index (Phi) is 5.94. The summed E-state index contributed by atoms with van der Waals surface area (Å²) >= 11 is 0. The molecule has 23 heavy (non-hydrogen) atoms. The van der Waals surface area contributed by atoms with E-state index in [0.717, 1.165) is 17.9 Å². The molecule has 0 aliphatic rings. The van der Waals surface area contributed by atoms with E-state index in [1.807, 2.05) is 30.3 Å². The van der Waals surface area contributed by atoms with Crippen LogP contribution in [-0.2, 0) is 14.3 Å². The highest BCUT2D eigenvalue weighted by atomic mass is 16.5. The van der Waals surface area contributed by atoms with E-state index in [1.54, 1.807) is 31.2 Å². The summed E-state index contributed by atoms with van der Waals surface area (Å²) in [6.45, 7) is 1.97. The minimum absolute atomic E-state index is 0.271. The van der Waals surface area contributed by atoms with Gasteiger partial charge in [0.2, 0.25) is 5.91 Å². The molecule has 0 radical (unpaired) electrons. The highest BCUT2D eigenvalue weighted by molar-refractivity contribution is 6.02. The number of esters is 1. The Morgan fingerprint density at radius 1 is 0.957 bits per heavy atom. The molecular weight excluding hydrogens is 294 g/mol. The fraction of sp³-hybridized carbons (Fsp3) is 0.111. The predicted octanol–water partition coefficient (Wildman–Crippen LogP) is 3.54. The molecule has 0 spiro atoms. The third kappa shape index (κ3) is 5.67. The van der Waals surface area contributed by atoms with E-state index in [9.17, 15) is 9.59 Å². The molecule has 0 bridgehead atoms. The van der Waals surface area contributed by atoms with Gasteiger partial charge in [0.25, 0.3) is 0 Å². The van der Waals surface area contributed by atoms with Gasteiger partial charge in [-0.2, -0.15) is 0 Å². The normalized spacial score (nSPS) is 10.3. The van der Waals surface area contributed by atoms with Crippen LogP contribution in [0.4, 0.5) is 5.69 Å². The van der Waals surface area contributed by atoms with Crippen LogP contribution in [0.1, 0.15) is 6.92 Å². The fourth-order valence-corrected chi connectivity index (χ4v) is 1.75. The Hall–Kier alpha value is -3.08. The Bertz CT molecular complexity index is 678. The van der Waals surface area contributed by atoms with Crippen LogP contribution in [0.25, 0.3) is 0 Å². The van der Waals surface area contributed by atoms with Crippen molar-refractivity contribution in [2.45, 2.75) is 6.92 Å². The van der Waals surface area contributed by atoms with E-state index in [1.165, 1.54) is 0 Å². The molecule has 0 saturated heterocycles. The number of rotatable bonds is 6. The zero-order valence-electron chi connectivity index (χ0n) is 12.7. The SMILES string of the molecule is CCOC(=O)C=CC(=O)Nc1ccc(Oc2ccccc2)cc1. The molecule has 0 saturated carbocycles. The van der Waals surface area contributed by atoms with Gasteiger partial charge >= 0.3 is 5.97 Å². The second-order valence-electron chi connectivity index (χ2n) is 4.51. The molecular formula is C18H17NO4. The van der Waals surface area contributed by atoms with Gasteiger partial charge in [-0.25, -0.2) is 4.79 Å². The first-order valence-corrected chi connectivity index (χ1v) is 7.16. The Morgan fingerprint density at radius 3 is 2.26 bits per heavy atom. The van der Waals surface area contributed by atoms with Gasteiger partial charge in [-0.1, -0.05) is 18.2 Å². The van der Waals surface area contributed by atoms with Crippen LogP contribution in [0, 0.1) is 0 Å². The zero-order chi connectivity index (χ0) is 16.5. The predicted molar refractivity (Wildman–Crippen MR) is 87.4 cm³/mol. The lowest BCUT2D eigenvalue weighted by atomic mass is 10.3. The fourth-order valence-electron chi connectivity index (χ4n) is 1.75. The molecule has 0 heterocycles. The lowest BCUT2D eigenvalue weighted by Gasteiger charge is -2.07. The van der Waals surface area contributed by atoms with E-state index in [0.29, 0.717) is 11.4 Å². The number of carbonyl (C=O) groups is 2. The van der Waals surface area contributed by atoms with Crippen LogP contribution in [-0.4, -0.2) is 18.5 Å². The van der Waals surface area contributed by atoms with Crippen LogP contribution in [0.15, 0.2) is 66.7 Å². The standard InChI is InChI=1S/C18H17NO4/c1-2-22-18(21)13-12-17(20)19-14-8-10-16(11-9-14)23-15-6-4-3-5-7-15/h3-13H,2H2,1H3,(H,19,20). The lowest BCUT2D eigenvalue weighted by Crippen LogP contribution is -2.09. The van der Waals surface area contributed by atoms with Crippen LogP contribution in [0.3, 0.4) is 0 Å². The van der Waals surface area contributed by atoms with E-state index < -0.39 is 11.9 Å². The quantitative estimate of drug-likeness (QED) is 0.654. The van der Waals surface area contributed by atoms with Gasteiger partial charge in [-0.15, -0.1) is 0 Å². The van der Waals surface area contributed by atoms with Gasteiger partial charge in [0.15, 0.2) is 0 Å². The van der Waals surface area contributed by atoms with E-state index >= 15 is 0 Å². The second kappa shape index (κ2) is 8.38. The first-order chi connectivity index (χ1) is 11.2. The number of benzene rings is 2. The van der Waals surface area contributed by atoms with Gasteiger partial charge < -0.3 is 14.8 Å². The summed E-state index contributed by atoms with van der Waals surface area (Å²) in [5.74, 6) is 0.446. The molecule has 0 aliphatic heterocycles. The molecule has 0 aromatic heterocycles. The monoisotopic (exact) mass is 311 g/mol. The molecule has 5 heteroatoms. The van der Waals surface area contributed by atoms with E-state index in [4.69, 9.17) is 9.47 Å². The van der Waals surface area contributed by atoms with Gasteiger partial charge in [0, 0.05) is 17.8 Å². The van der Waals surface area contributed by atoms with Crippen molar-refractivity contribution in [2.75, 3.05) is 11.9 Å². The Labute approximate surface area is 134 Å². The molecule has 1 amide bonds. The molecule has 0 aliphatic carbocycles. The summed E-state index contributed by atoms with van der Waals surface area (Å²) in [5.41, 5.74) is 0.601. The molecule has 2 rings (SSSR count). The molecule has 0 atom stereocenters. The van der Waals surface area contributed by atoms with Crippen molar-refractivity contribution in [1.29, 1.82) is 0 Å². The highest BCUT2D eigenvalue weighted by Gasteiger charge is 2.01. The number of hydrogen-bond acceptors (Lipinski definition) is 4. The number of amides is 1. The highest BCUT2D eigenvalue weighted by Crippen LogP contribution is 2.22. The average molecular weight is 311 g/mol. The zero-order valence-corrected chi connectivity index (χ0v) is 12.7. The smallest absolute Gasteiger partial charge is 0.330 e. The number of anilines is 1. The molecule has 0 fully saturated rings. The van der Waals surface area contributed by atoms with Crippen molar-refractivity contribution in [3.05, 3.63) is 66.7 Å². The van der Waals surface area contributed by atoms with Crippen LogP contribution in [0.2, 0.25) is 0 Å². The van der Waals surface area contributed by atoms with Crippen molar-refractivity contribution >= 4 is 17.6 Å². The first-order valence-electron chi connectivity index (χ1n) is 7.16. The average Bonchev–Trinajstić information content (AvgIpc) is 2.56. The molecule has 118 valence electrons. The third-order valence-electron chi connectivity index (χ3n) is 2.76. The number of ether oxygens (including phenoxy) is 2. The van der Waals surface area contributed by atoms with Crippen molar-refractivity contribution in [2.24, 2.45) is 0 Å². The third-order valence-corrected chi connectivity index (χ3v) is 2.76. The molecule has 0 unspecified atom stereocenters. The Balaban J connectivity index is 1.89. The minimum Gasteiger partial charge on any atom is -0.463 e. The maximum absolute atomic E-state index is 11.7. The van der Waals surface area contributed by atoms with Crippen molar-refractivity contribution in [3.63, 3.8) is 0 Å². The Morgan fingerprint density at radius 2 is 1.61 bits per heavy atom. The maximum atomic E-state index is 11.7. The molecule has 2 aromatic carbocycles. The summed E-state index contributed by atoms with van der Waals surface area (Å²) in [5, 5.41) is 2.64. The van der Waals surface area contributed by atoms with Crippen molar-refractivity contribution in [3.8, 4) is 11.5 Å². The number of nitrogens with one attached hydrogen (secondary N) is 1.